The molecule has 1 saturated heterocycles. The van der Waals surface area contributed by atoms with Crippen molar-refractivity contribution in [2.75, 3.05) is 13.2 Å². The van der Waals surface area contributed by atoms with Crippen molar-refractivity contribution in [1.29, 1.82) is 0 Å². The van der Waals surface area contributed by atoms with Crippen molar-refractivity contribution in [1.82, 2.24) is 19.5 Å². The van der Waals surface area contributed by atoms with Gasteiger partial charge in [0.1, 0.15) is 12.0 Å². The zero-order valence-corrected chi connectivity index (χ0v) is 11.3. The Bertz CT molecular complexity index is 664. The molecule has 0 bridgehead atoms. The van der Waals surface area contributed by atoms with Crippen LogP contribution in [0.4, 0.5) is 17.6 Å². The van der Waals surface area contributed by atoms with Gasteiger partial charge in [-0.15, -0.1) is 0 Å². The van der Waals surface area contributed by atoms with E-state index < -0.39 is 23.9 Å². The molecule has 1 aliphatic rings. The molecule has 0 radical (unpaired) electrons. The topological polar surface area (TPSA) is 52.8 Å². The molecular weight excluding hydrogens is 304 g/mol. The van der Waals surface area contributed by atoms with E-state index >= 15 is 0 Å². The van der Waals surface area contributed by atoms with Gasteiger partial charge in [0, 0.05) is 19.3 Å². The monoisotopic (exact) mass is 316 g/mol. The molecule has 3 rings (SSSR count). The normalized spacial score (nSPS) is 16.9. The molecule has 0 aliphatic carbocycles. The second kappa shape index (κ2) is 5.64. The minimum Gasteiger partial charge on any atom is -0.381 e. The van der Waals surface area contributed by atoms with Gasteiger partial charge in [0.25, 0.3) is 0 Å². The van der Waals surface area contributed by atoms with Crippen molar-refractivity contribution in [3.8, 4) is 11.4 Å². The van der Waals surface area contributed by atoms with E-state index in [0.29, 0.717) is 26.1 Å². The van der Waals surface area contributed by atoms with Crippen LogP contribution in [0.3, 0.4) is 0 Å². The molecule has 0 amide bonds. The van der Waals surface area contributed by atoms with Crippen LogP contribution in [0.1, 0.15) is 24.7 Å². The summed E-state index contributed by atoms with van der Waals surface area (Å²) >= 11 is 0. The molecule has 2 aromatic rings. The Labute approximate surface area is 123 Å². The number of ether oxygens (including phenoxy) is 1. The molecule has 118 valence electrons. The maximum Gasteiger partial charge on any atom is 0.449 e. The molecule has 2 aromatic heterocycles. The van der Waals surface area contributed by atoms with E-state index in [9.17, 15) is 17.6 Å². The molecule has 0 unspecified atom stereocenters. The molecule has 22 heavy (non-hydrogen) atoms. The van der Waals surface area contributed by atoms with Crippen LogP contribution in [0.15, 0.2) is 18.7 Å². The zero-order chi connectivity index (χ0) is 15.7. The molecule has 5 nitrogen and oxygen atoms in total. The van der Waals surface area contributed by atoms with Crippen LogP contribution in [0, 0.1) is 5.82 Å². The Balaban J connectivity index is 2.14. The first-order valence-electron chi connectivity index (χ1n) is 6.66. The quantitative estimate of drug-likeness (QED) is 0.800. The lowest BCUT2D eigenvalue weighted by molar-refractivity contribution is -0.148. The highest BCUT2D eigenvalue weighted by Crippen LogP contribution is 2.37. The fourth-order valence-corrected chi connectivity index (χ4v) is 2.56. The second-order valence-electron chi connectivity index (χ2n) is 4.90. The standard InChI is InChI=1S/C13H12F4N4O/c14-9-5-18-7-20-11(9)10-6-19-12(13(15,16)17)21(10)8-1-3-22-4-2-8/h5-8H,1-4H2. The van der Waals surface area contributed by atoms with Gasteiger partial charge in [-0.25, -0.2) is 19.3 Å². The lowest BCUT2D eigenvalue weighted by Crippen LogP contribution is -2.25. The van der Waals surface area contributed by atoms with E-state index in [2.05, 4.69) is 15.0 Å². The highest BCUT2D eigenvalue weighted by molar-refractivity contribution is 5.55. The van der Waals surface area contributed by atoms with Crippen LogP contribution in [-0.4, -0.2) is 32.7 Å². The Hall–Kier alpha value is -2.03. The van der Waals surface area contributed by atoms with Gasteiger partial charge in [0.05, 0.1) is 18.1 Å². The fourth-order valence-electron chi connectivity index (χ4n) is 2.56. The predicted octanol–water partition coefficient (Wildman–Crippen LogP) is 2.85. The summed E-state index contributed by atoms with van der Waals surface area (Å²) in [7, 11) is 0. The predicted molar refractivity (Wildman–Crippen MR) is 67.3 cm³/mol. The largest absolute Gasteiger partial charge is 0.449 e. The van der Waals surface area contributed by atoms with Gasteiger partial charge >= 0.3 is 6.18 Å². The van der Waals surface area contributed by atoms with Gasteiger partial charge in [-0.1, -0.05) is 0 Å². The number of hydrogen-bond acceptors (Lipinski definition) is 4. The van der Waals surface area contributed by atoms with Crippen LogP contribution < -0.4 is 0 Å². The number of hydrogen-bond donors (Lipinski definition) is 0. The van der Waals surface area contributed by atoms with Crippen molar-refractivity contribution in [2.24, 2.45) is 0 Å². The molecule has 1 aliphatic heterocycles. The average Bonchev–Trinajstić information content (AvgIpc) is 2.93. The summed E-state index contributed by atoms with van der Waals surface area (Å²) in [4.78, 5) is 10.7. The first-order valence-corrected chi connectivity index (χ1v) is 6.66. The Kier molecular flexibility index (Phi) is 3.81. The highest BCUT2D eigenvalue weighted by Gasteiger charge is 2.40. The average molecular weight is 316 g/mol. The Morgan fingerprint density at radius 1 is 1.14 bits per heavy atom. The van der Waals surface area contributed by atoms with Crippen LogP contribution in [0.25, 0.3) is 11.4 Å². The number of halogens is 4. The molecule has 9 heteroatoms. The van der Waals surface area contributed by atoms with Crippen molar-refractivity contribution in [2.45, 2.75) is 25.1 Å². The number of aromatic nitrogens is 4. The summed E-state index contributed by atoms with van der Waals surface area (Å²) in [5, 5.41) is 0. The minimum absolute atomic E-state index is 0.000810. The summed E-state index contributed by atoms with van der Waals surface area (Å²) in [5.74, 6) is -1.84. The summed E-state index contributed by atoms with van der Waals surface area (Å²) in [6.07, 6.45) is -0.814. The van der Waals surface area contributed by atoms with E-state index in [1.54, 1.807) is 0 Å². The molecule has 0 spiro atoms. The minimum atomic E-state index is -4.62. The summed E-state index contributed by atoms with van der Waals surface area (Å²) in [6, 6.07) is -0.461. The summed E-state index contributed by atoms with van der Waals surface area (Å²) in [6.45, 7) is 0.706. The second-order valence-corrected chi connectivity index (χ2v) is 4.90. The van der Waals surface area contributed by atoms with Crippen molar-refractivity contribution in [3.05, 3.63) is 30.4 Å². The van der Waals surface area contributed by atoms with Crippen molar-refractivity contribution >= 4 is 0 Å². The lowest BCUT2D eigenvalue weighted by Gasteiger charge is -2.27. The first kappa shape index (κ1) is 14.9. The zero-order valence-electron chi connectivity index (χ0n) is 11.3. The summed E-state index contributed by atoms with van der Waals surface area (Å²) in [5.41, 5.74) is -0.191. The van der Waals surface area contributed by atoms with Gasteiger partial charge in [-0.3, -0.25) is 0 Å². The van der Waals surface area contributed by atoms with Crippen LogP contribution in [0.5, 0.6) is 0 Å². The smallest absolute Gasteiger partial charge is 0.381 e. The van der Waals surface area contributed by atoms with Gasteiger partial charge in [0.2, 0.25) is 5.82 Å². The van der Waals surface area contributed by atoms with Gasteiger partial charge in [-0.2, -0.15) is 13.2 Å². The third-order valence-electron chi connectivity index (χ3n) is 3.52. The SMILES string of the molecule is Fc1cncnc1-c1cnc(C(F)(F)F)n1C1CCOCC1. The van der Waals surface area contributed by atoms with Crippen molar-refractivity contribution in [3.63, 3.8) is 0 Å². The number of imidazole rings is 1. The highest BCUT2D eigenvalue weighted by atomic mass is 19.4. The molecule has 0 N–H and O–H groups in total. The molecule has 0 aromatic carbocycles. The molecule has 3 heterocycles. The molecule has 1 fully saturated rings. The van der Waals surface area contributed by atoms with Gasteiger partial charge < -0.3 is 9.30 Å². The number of rotatable bonds is 2. The van der Waals surface area contributed by atoms with Gasteiger partial charge in [-0.05, 0) is 12.8 Å². The van der Waals surface area contributed by atoms with Crippen LogP contribution >= 0.6 is 0 Å². The van der Waals surface area contributed by atoms with Crippen molar-refractivity contribution < 1.29 is 22.3 Å². The molecular formula is C13H12F4N4O. The maximum absolute atomic E-state index is 13.9. The summed E-state index contributed by atoms with van der Waals surface area (Å²) < 4.78 is 59.6. The third kappa shape index (κ3) is 2.68. The van der Waals surface area contributed by atoms with E-state index in [4.69, 9.17) is 4.74 Å². The van der Waals surface area contributed by atoms with E-state index in [1.165, 1.54) is 0 Å². The Morgan fingerprint density at radius 2 is 1.86 bits per heavy atom. The fraction of sp³-hybridized carbons (Fsp3) is 0.462. The third-order valence-corrected chi connectivity index (χ3v) is 3.52. The maximum atomic E-state index is 13.9. The number of nitrogens with zero attached hydrogens (tertiary/aromatic N) is 4. The van der Waals surface area contributed by atoms with E-state index in [-0.39, 0.29) is 11.4 Å². The van der Waals surface area contributed by atoms with Crippen LogP contribution in [0.2, 0.25) is 0 Å². The lowest BCUT2D eigenvalue weighted by atomic mass is 10.1. The van der Waals surface area contributed by atoms with Crippen LogP contribution in [-0.2, 0) is 10.9 Å². The molecule has 0 atom stereocenters. The number of alkyl halides is 3. The molecule has 0 saturated carbocycles. The Morgan fingerprint density at radius 3 is 2.50 bits per heavy atom. The van der Waals surface area contributed by atoms with E-state index in [0.717, 1.165) is 23.3 Å². The first-order chi connectivity index (χ1) is 10.5. The van der Waals surface area contributed by atoms with Gasteiger partial charge in [0.15, 0.2) is 5.82 Å². The van der Waals surface area contributed by atoms with E-state index in [1.807, 2.05) is 0 Å².